The maximum absolute atomic E-state index is 12.3. The minimum Gasteiger partial charge on any atom is -0.350 e. The van der Waals surface area contributed by atoms with Gasteiger partial charge in [0.05, 0.1) is 23.4 Å². The molecule has 3 rings (SSSR count). The summed E-state index contributed by atoms with van der Waals surface area (Å²) in [7, 11) is 0. The maximum Gasteiger partial charge on any atom is 0.266 e. The number of aromatic nitrogens is 3. The fourth-order valence-electron chi connectivity index (χ4n) is 3.33. The normalized spacial score (nSPS) is 18.0. The van der Waals surface area contributed by atoms with Crippen molar-refractivity contribution < 1.29 is 4.79 Å². The Morgan fingerprint density at radius 3 is 2.92 bits per heavy atom. The molecule has 7 nitrogen and oxygen atoms in total. The van der Waals surface area contributed by atoms with Gasteiger partial charge in [0.15, 0.2) is 0 Å². The van der Waals surface area contributed by atoms with Crippen LogP contribution in [0.15, 0.2) is 22.4 Å². The highest BCUT2D eigenvalue weighted by Gasteiger charge is 2.23. The summed E-state index contributed by atoms with van der Waals surface area (Å²) in [5.74, 6) is -0.0490. The molecule has 0 spiro atoms. The molecular weight excluding hydrogens is 350 g/mol. The van der Waals surface area contributed by atoms with Crippen molar-refractivity contribution in [2.75, 3.05) is 19.6 Å². The SMILES string of the molecule is Cc1ccc(=O)n(CCN2CCCCC2CNC(=O)c2scnc2C)n1. The highest BCUT2D eigenvalue weighted by Crippen LogP contribution is 2.17. The van der Waals surface area contributed by atoms with Gasteiger partial charge in [-0.2, -0.15) is 5.10 Å². The van der Waals surface area contributed by atoms with Gasteiger partial charge >= 0.3 is 0 Å². The lowest BCUT2D eigenvalue weighted by atomic mass is 10.0. The van der Waals surface area contributed by atoms with Crippen LogP contribution in [0, 0.1) is 13.8 Å². The van der Waals surface area contributed by atoms with E-state index >= 15 is 0 Å². The molecule has 0 aliphatic carbocycles. The Balaban J connectivity index is 1.57. The van der Waals surface area contributed by atoms with Gasteiger partial charge in [0, 0.05) is 25.2 Å². The smallest absolute Gasteiger partial charge is 0.266 e. The number of nitrogens with one attached hydrogen (secondary N) is 1. The van der Waals surface area contributed by atoms with Gasteiger partial charge < -0.3 is 5.32 Å². The highest BCUT2D eigenvalue weighted by atomic mass is 32.1. The molecule has 0 radical (unpaired) electrons. The van der Waals surface area contributed by atoms with E-state index in [1.54, 1.807) is 17.6 Å². The summed E-state index contributed by atoms with van der Waals surface area (Å²) >= 11 is 1.37. The second-order valence-corrected chi connectivity index (χ2v) is 7.55. The van der Waals surface area contributed by atoms with Gasteiger partial charge in [-0.05, 0) is 39.3 Å². The summed E-state index contributed by atoms with van der Waals surface area (Å²) < 4.78 is 1.53. The maximum atomic E-state index is 12.3. The van der Waals surface area contributed by atoms with Gasteiger partial charge in [0.2, 0.25) is 0 Å². The van der Waals surface area contributed by atoms with Gasteiger partial charge in [-0.3, -0.25) is 14.5 Å². The van der Waals surface area contributed by atoms with E-state index in [1.165, 1.54) is 22.4 Å². The molecule has 2 aromatic rings. The molecule has 2 aromatic heterocycles. The third-order valence-corrected chi connectivity index (χ3v) is 5.73. The van der Waals surface area contributed by atoms with Gasteiger partial charge in [-0.25, -0.2) is 9.67 Å². The van der Waals surface area contributed by atoms with Crippen LogP contribution in [0.3, 0.4) is 0 Å². The van der Waals surface area contributed by atoms with Crippen LogP contribution < -0.4 is 10.9 Å². The molecule has 1 N–H and O–H groups in total. The Hall–Kier alpha value is -2.06. The summed E-state index contributed by atoms with van der Waals surface area (Å²) in [5, 5.41) is 7.35. The Bertz CT molecular complexity index is 816. The van der Waals surface area contributed by atoms with Crippen molar-refractivity contribution in [3.8, 4) is 0 Å². The molecule has 8 heteroatoms. The molecule has 1 aliphatic rings. The van der Waals surface area contributed by atoms with E-state index in [0.29, 0.717) is 24.0 Å². The number of piperidine rings is 1. The molecule has 1 saturated heterocycles. The number of hydrogen-bond acceptors (Lipinski definition) is 6. The third-order valence-electron chi connectivity index (χ3n) is 4.80. The van der Waals surface area contributed by atoms with E-state index in [9.17, 15) is 9.59 Å². The second-order valence-electron chi connectivity index (χ2n) is 6.70. The molecule has 1 amide bonds. The molecule has 140 valence electrons. The van der Waals surface area contributed by atoms with Gasteiger partial charge in [-0.15, -0.1) is 11.3 Å². The summed E-state index contributed by atoms with van der Waals surface area (Å²) in [5.41, 5.74) is 3.24. The zero-order valence-corrected chi connectivity index (χ0v) is 16.1. The number of nitrogens with zero attached hydrogens (tertiary/aromatic N) is 4. The van der Waals surface area contributed by atoms with Crippen molar-refractivity contribution in [3.63, 3.8) is 0 Å². The van der Waals surface area contributed by atoms with Gasteiger partial charge in [0.25, 0.3) is 11.5 Å². The van der Waals surface area contributed by atoms with Crippen molar-refractivity contribution >= 4 is 17.2 Å². The Morgan fingerprint density at radius 2 is 2.15 bits per heavy atom. The van der Waals surface area contributed by atoms with E-state index < -0.39 is 0 Å². The first-order valence-corrected chi connectivity index (χ1v) is 9.89. The number of likely N-dealkylation sites (tertiary alicyclic amines) is 1. The minimum absolute atomic E-state index is 0.0490. The first-order chi connectivity index (χ1) is 12.5. The number of carbonyl (C=O) groups excluding carboxylic acids is 1. The standard InChI is InChI=1S/C18H25N5O2S/c1-13-6-7-16(24)23(21-13)10-9-22-8-4-3-5-15(22)11-19-18(25)17-14(2)20-12-26-17/h6-7,12,15H,3-5,8-11H2,1-2H3,(H,19,25). The molecule has 1 aliphatic heterocycles. The third kappa shape index (κ3) is 4.56. The highest BCUT2D eigenvalue weighted by molar-refractivity contribution is 7.11. The topological polar surface area (TPSA) is 80.1 Å². The molecular formula is C18H25N5O2S. The number of hydrogen-bond donors (Lipinski definition) is 1. The molecule has 0 saturated carbocycles. The number of rotatable bonds is 6. The van der Waals surface area contributed by atoms with Crippen molar-refractivity contribution in [1.29, 1.82) is 0 Å². The van der Waals surface area contributed by atoms with Crippen LogP contribution in [0.4, 0.5) is 0 Å². The van der Waals surface area contributed by atoms with Crippen LogP contribution in [0.5, 0.6) is 0 Å². The lowest BCUT2D eigenvalue weighted by Gasteiger charge is -2.35. The summed E-state index contributed by atoms with van der Waals surface area (Å²) in [6.07, 6.45) is 3.37. The molecule has 1 atom stereocenters. The summed E-state index contributed by atoms with van der Waals surface area (Å²) in [6, 6.07) is 3.59. The monoisotopic (exact) mass is 375 g/mol. The second kappa shape index (κ2) is 8.55. The van der Waals surface area contributed by atoms with Crippen LogP contribution in [-0.2, 0) is 6.54 Å². The van der Waals surface area contributed by atoms with Crippen LogP contribution in [0.2, 0.25) is 0 Å². The number of thiazole rings is 1. The summed E-state index contributed by atoms with van der Waals surface area (Å²) in [4.78, 5) is 31.4. The predicted octanol–water partition coefficient (Wildman–Crippen LogP) is 1.60. The minimum atomic E-state index is -0.0712. The fraction of sp³-hybridized carbons (Fsp3) is 0.556. The van der Waals surface area contributed by atoms with Crippen molar-refractivity contribution in [2.45, 2.75) is 45.7 Å². The van der Waals surface area contributed by atoms with E-state index in [0.717, 1.165) is 37.3 Å². The van der Waals surface area contributed by atoms with Crippen molar-refractivity contribution in [2.24, 2.45) is 0 Å². The zero-order valence-electron chi connectivity index (χ0n) is 15.3. The van der Waals surface area contributed by atoms with Crippen LogP contribution >= 0.6 is 11.3 Å². The molecule has 0 aromatic carbocycles. The van der Waals surface area contributed by atoms with Crippen LogP contribution in [0.1, 0.15) is 40.3 Å². The van der Waals surface area contributed by atoms with E-state index in [4.69, 9.17) is 0 Å². The first-order valence-electron chi connectivity index (χ1n) is 9.01. The van der Waals surface area contributed by atoms with Crippen LogP contribution in [-0.4, -0.2) is 51.2 Å². The van der Waals surface area contributed by atoms with Crippen LogP contribution in [0.25, 0.3) is 0 Å². The lowest BCUT2D eigenvalue weighted by Crippen LogP contribution is -2.48. The van der Waals surface area contributed by atoms with E-state index in [1.807, 2.05) is 13.8 Å². The number of carbonyl (C=O) groups is 1. The fourth-order valence-corrected chi connectivity index (χ4v) is 4.05. The van der Waals surface area contributed by atoms with Gasteiger partial charge in [0.1, 0.15) is 4.88 Å². The average Bonchev–Trinajstić information content (AvgIpc) is 3.07. The first kappa shape index (κ1) is 18.7. The zero-order chi connectivity index (χ0) is 18.5. The molecule has 3 heterocycles. The van der Waals surface area contributed by atoms with Gasteiger partial charge in [-0.1, -0.05) is 6.42 Å². The van der Waals surface area contributed by atoms with E-state index in [-0.39, 0.29) is 11.5 Å². The number of amides is 1. The molecule has 1 unspecified atom stereocenters. The molecule has 0 bridgehead atoms. The van der Waals surface area contributed by atoms with Crippen molar-refractivity contribution in [1.82, 2.24) is 25.0 Å². The summed E-state index contributed by atoms with van der Waals surface area (Å²) in [6.45, 7) is 6.67. The predicted molar refractivity (Wildman–Crippen MR) is 102 cm³/mol. The average molecular weight is 375 g/mol. The Labute approximate surface area is 157 Å². The van der Waals surface area contributed by atoms with Crippen molar-refractivity contribution in [3.05, 3.63) is 44.3 Å². The number of aryl methyl sites for hydroxylation is 2. The lowest BCUT2D eigenvalue weighted by molar-refractivity contribution is 0.0912. The largest absolute Gasteiger partial charge is 0.350 e. The quantitative estimate of drug-likeness (QED) is 0.830. The molecule has 1 fully saturated rings. The Kier molecular flexibility index (Phi) is 6.16. The van der Waals surface area contributed by atoms with E-state index in [2.05, 4.69) is 20.3 Å². The molecule has 26 heavy (non-hydrogen) atoms. The Morgan fingerprint density at radius 1 is 1.31 bits per heavy atom.